The summed E-state index contributed by atoms with van der Waals surface area (Å²) in [6.07, 6.45) is 0.569. The number of nitro groups is 1. The van der Waals surface area contributed by atoms with Crippen LogP contribution < -0.4 is 4.90 Å². The van der Waals surface area contributed by atoms with E-state index >= 15 is 0 Å². The van der Waals surface area contributed by atoms with E-state index in [0.29, 0.717) is 22.5 Å². The fourth-order valence-corrected chi connectivity index (χ4v) is 2.94. The van der Waals surface area contributed by atoms with Crippen LogP contribution in [0.5, 0.6) is 0 Å². The average Bonchev–Trinajstić information content (AvgIpc) is 2.35. The number of nitrogens with zero attached hydrogens (tertiary/aromatic N) is 2. The van der Waals surface area contributed by atoms with Crippen molar-refractivity contribution in [2.24, 2.45) is 5.92 Å². The monoisotopic (exact) mass is 328 g/mol. The van der Waals surface area contributed by atoms with E-state index < -0.39 is 0 Å². The molecule has 1 aliphatic heterocycles. The van der Waals surface area contributed by atoms with Gasteiger partial charge in [-0.15, -0.1) is 0 Å². The van der Waals surface area contributed by atoms with Crippen LogP contribution in [0.15, 0.2) is 16.6 Å². The van der Waals surface area contributed by atoms with Crippen molar-refractivity contribution in [1.82, 2.24) is 0 Å². The Kier molecular flexibility index (Phi) is 4.10. The molecule has 0 bridgehead atoms. The Morgan fingerprint density at radius 1 is 1.53 bits per heavy atom. The fourth-order valence-electron chi connectivity index (χ4n) is 2.36. The maximum Gasteiger partial charge on any atom is 0.273 e. The Balaban J connectivity index is 2.31. The summed E-state index contributed by atoms with van der Waals surface area (Å²) in [5, 5.41) is 20.8. The molecule has 1 saturated heterocycles. The van der Waals surface area contributed by atoms with Crippen LogP contribution in [0.3, 0.4) is 0 Å². The van der Waals surface area contributed by atoms with E-state index in [2.05, 4.69) is 20.8 Å². The second-order valence-corrected chi connectivity index (χ2v) is 5.98. The van der Waals surface area contributed by atoms with E-state index in [9.17, 15) is 15.2 Å². The number of halogens is 1. The van der Waals surface area contributed by atoms with Crippen molar-refractivity contribution in [3.8, 4) is 0 Å². The first-order chi connectivity index (χ1) is 8.90. The average molecular weight is 329 g/mol. The van der Waals surface area contributed by atoms with Crippen molar-refractivity contribution in [3.63, 3.8) is 0 Å². The Morgan fingerprint density at radius 3 is 2.79 bits per heavy atom. The summed E-state index contributed by atoms with van der Waals surface area (Å²) < 4.78 is 0.701. The smallest absolute Gasteiger partial charge is 0.273 e. The van der Waals surface area contributed by atoms with Gasteiger partial charge in [0.1, 0.15) is 0 Å². The molecule has 0 aromatic heterocycles. The molecule has 1 heterocycles. The van der Waals surface area contributed by atoms with Crippen LogP contribution in [0.4, 0.5) is 11.4 Å². The highest BCUT2D eigenvalue weighted by Gasteiger charge is 2.26. The molecule has 2 rings (SSSR count). The van der Waals surface area contributed by atoms with Gasteiger partial charge in [-0.25, -0.2) is 0 Å². The van der Waals surface area contributed by atoms with E-state index in [1.54, 1.807) is 6.92 Å². The van der Waals surface area contributed by atoms with Crippen LogP contribution in [0.25, 0.3) is 0 Å². The summed E-state index contributed by atoms with van der Waals surface area (Å²) in [6, 6.07) is 3.35. The van der Waals surface area contributed by atoms with Crippen molar-refractivity contribution in [2.75, 3.05) is 18.0 Å². The lowest BCUT2D eigenvalue weighted by atomic mass is 9.95. The molecule has 6 heteroatoms. The molecule has 5 nitrogen and oxygen atoms in total. The number of aliphatic hydroxyl groups is 1. The van der Waals surface area contributed by atoms with Gasteiger partial charge in [-0.1, -0.05) is 6.92 Å². The molecule has 1 aromatic carbocycles. The lowest BCUT2D eigenvalue weighted by Gasteiger charge is -2.36. The molecule has 104 valence electrons. The van der Waals surface area contributed by atoms with Crippen LogP contribution in [0, 0.1) is 23.0 Å². The first-order valence-electron chi connectivity index (χ1n) is 6.27. The summed E-state index contributed by atoms with van der Waals surface area (Å²) >= 11 is 3.39. The Morgan fingerprint density at radius 2 is 2.21 bits per heavy atom. The molecule has 0 radical (unpaired) electrons. The lowest BCUT2D eigenvalue weighted by Crippen LogP contribution is -2.43. The predicted molar refractivity (Wildman–Crippen MR) is 77.5 cm³/mol. The van der Waals surface area contributed by atoms with Crippen molar-refractivity contribution in [3.05, 3.63) is 32.3 Å². The summed E-state index contributed by atoms with van der Waals surface area (Å²) in [4.78, 5) is 12.6. The van der Waals surface area contributed by atoms with Gasteiger partial charge in [-0.3, -0.25) is 10.1 Å². The van der Waals surface area contributed by atoms with Gasteiger partial charge in [-0.2, -0.15) is 0 Å². The number of aliphatic hydroxyl groups excluding tert-OH is 1. The molecular weight excluding hydrogens is 312 g/mol. The summed E-state index contributed by atoms with van der Waals surface area (Å²) in [6.45, 7) is 5.19. The second kappa shape index (κ2) is 5.46. The van der Waals surface area contributed by atoms with Crippen molar-refractivity contribution < 1.29 is 10.0 Å². The molecule has 2 atom stereocenters. The SMILES string of the molecule is Cc1cc(N2CCC(C)C(O)C2)c(Br)cc1[N+](=O)[O-]. The van der Waals surface area contributed by atoms with Gasteiger partial charge >= 0.3 is 0 Å². The Bertz CT molecular complexity index is 507. The van der Waals surface area contributed by atoms with Crippen LogP contribution in [0.2, 0.25) is 0 Å². The Labute approximate surface area is 120 Å². The molecule has 1 aromatic rings. The minimum atomic E-state index is -0.378. The zero-order chi connectivity index (χ0) is 14.2. The summed E-state index contributed by atoms with van der Waals surface area (Å²) in [5.41, 5.74) is 1.66. The number of aryl methyl sites for hydroxylation is 1. The molecule has 1 N–H and O–H groups in total. The van der Waals surface area contributed by atoms with Gasteiger partial charge < -0.3 is 10.0 Å². The quantitative estimate of drug-likeness (QED) is 0.669. The molecule has 0 amide bonds. The van der Waals surface area contributed by atoms with Crippen molar-refractivity contribution in [2.45, 2.75) is 26.4 Å². The number of hydrogen-bond donors (Lipinski definition) is 1. The number of nitro benzene ring substituents is 1. The third kappa shape index (κ3) is 2.90. The third-order valence-electron chi connectivity index (χ3n) is 3.72. The molecule has 0 saturated carbocycles. The molecule has 1 fully saturated rings. The van der Waals surface area contributed by atoms with Crippen molar-refractivity contribution in [1.29, 1.82) is 0 Å². The fraction of sp³-hybridized carbons (Fsp3) is 0.538. The summed E-state index contributed by atoms with van der Waals surface area (Å²) in [5.74, 6) is 0.300. The molecule has 0 spiro atoms. The Hall–Kier alpha value is -1.14. The highest BCUT2D eigenvalue weighted by atomic mass is 79.9. The normalized spacial score (nSPS) is 23.5. The molecular formula is C13H17BrN2O3. The predicted octanol–water partition coefficient (Wildman–Crippen LogP) is 2.87. The maximum absolute atomic E-state index is 10.9. The topological polar surface area (TPSA) is 66.6 Å². The van der Waals surface area contributed by atoms with Gasteiger partial charge in [0.05, 0.1) is 16.7 Å². The first kappa shape index (κ1) is 14.3. The lowest BCUT2D eigenvalue weighted by molar-refractivity contribution is -0.385. The van der Waals surface area contributed by atoms with E-state index in [1.807, 2.05) is 13.0 Å². The molecule has 2 unspecified atom stereocenters. The van der Waals surface area contributed by atoms with E-state index in [0.717, 1.165) is 18.7 Å². The number of anilines is 1. The highest BCUT2D eigenvalue weighted by molar-refractivity contribution is 9.10. The van der Waals surface area contributed by atoms with Gasteiger partial charge in [-0.05, 0) is 41.3 Å². The van der Waals surface area contributed by atoms with Gasteiger partial charge in [0, 0.05) is 29.2 Å². The van der Waals surface area contributed by atoms with Crippen LogP contribution in [-0.4, -0.2) is 29.2 Å². The maximum atomic E-state index is 10.9. The van der Waals surface area contributed by atoms with E-state index in [1.165, 1.54) is 6.07 Å². The number of rotatable bonds is 2. The third-order valence-corrected chi connectivity index (χ3v) is 4.36. The number of hydrogen-bond acceptors (Lipinski definition) is 4. The van der Waals surface area contributed by atoms with Gasteiger partial charge in [0.25, 0.3) is 5.69 Å². The van der Waals surface area contributed by atoms with E-state index in [4.69, 9.17) is 0 Å². The largest absolute Gasteiger partial charge is 0.391 e. The standard InChI is InChI=1S/C13H17BrN2O3/c1-8-3-4-15(7-13(8)17)12-5-9(2)11(16(18)19)6-10(12)14/h5-6,8,13,17H,3-4,7H2,1-2H3. The minimum Gasteiger partial charge on any atom is -0.391 e. The number of piperidine rings is 1. The van der Waals surface area contributed by atoms with Crippen LogP contribution in [-0.2, 0) is 0 Å². The number of β-amino-alcohol motifs (C(OH)–C–C–N with tert-alkyl or cyclic N) is 1. The van der Waals surface area contributed by atoms with Crippen LogP contribution in [0.1, 0.15) is 18.9 Å². The van der Waals surface area contributed by atoms with Gasteiger partial charge in [0.15, 0.2) is 0 Å². The second-order valence-electron chi connectivity index (χ2n) is 5.13. The zero-order valence-corrected chi connectivity index (χ0v) is 12.6. The molecule has 19 heavy (non-hydrogen) atoms. The number of benzene rings is 1. The van der Waals surface area contributed by atoms with Gasteiger partial charge in [0.2, 0.25) is 0 Å². The minimum absolute atomic E-state index is 0.113. The highest BCUT2D eigenvalue weighted by Crippen LogP contribution is 2.35. The molecule has 1 aliphatic rings. The van der Waals surface area contributed by atoms with Crippen molar-refractivity contribution >= 4 is 27.3 Å². The van der Waals surface area contributed by atoms with Crippen LogP contribution >= 0.6 is 15.9 Å². The first-order valence-corrected chi connectivity index (χ1v) is 7.07. The van der Waals surface area contributed by atoms with E-state index in [-0.39, 0.29) is 16.7 Å². The summed E-state index contributed by atoms with van der Waals surface area (Å²) in [7, 11) is 0. The molecule has 0 aliphatic carbocycles. The zero-order valence-electron chi connectivity index (χ0n) is 11.0.